The average Bonchev–Trinajstić information content (AvgIpc) is 2.95. The topological polar surface area (TPSA) is 51.1 Å². The van der Waals surface area contributed by atoms with Crippen LogP contribution in [0.3, 0.4) is 0 Å². The molecule has 0 spiro atoms. The number of hydrogen-bond donors (Lipinski definition) is 1. The molecule has 1 N–H and O–H groups in total. The van der Waals surface area contributed by atoms with Gasteiger partial charge in [-0.25, -0.2) is 0 Å². The summed E-state index contributed by atoms with van der Waals surface area (Å²) in [5.41, 5.74) is 3.95. The fraction of sp³-hybridized carbons (Fsp3) is 0.238. The molecule has 0 radical (unpaired) electrons. The lowest BCUT2D eigenvalue weighted by atomic mass is 10.1. The Balaban J connectivity index is 1.74. The van der Waals surface area contributed by atoms with Gasteiger partial charge in [0.1, 0.15) is 4.88 Å². The van der Waals surface area contributed by atoms with Gasteiger partial charge in [-0.05, 0) is 43.4 Å². The van der Waals surface area contributed by atoms with Gasteiger partial charge >= 0.3 is 4.87 Å². The maximum Gasteiger partial charge on any atom is 0.308 e. The molecule has 0 atom stereocenters. The second-order valence-corrected chi connectivity index (χ2v) is 8.23. The van der Waals surface area contributed by atoms with Gasteiger partial charge in [0, 0.05) is 17.1 Å². The average molecular weight is 399 g/mol. The summed E-state index contributed by atoms with van der Waals surface area (Å²) >= 11 is 2.69. The van der Waals surface area contributed by atoms with Gasteiger partial charge in [0.25, 0.3) is 5.91 Å². The summed E-state index contributed by atoms with van der Waals surface area (Å²) in [6, 6.07) is 16.1. The maximum atomic E-state index is 12.6. The molecule has 4 nitrogen and oxygen atoms in total. The van der Waals surface area contributed by atoms with E-state index in [2.05, 4.69) is 5.32 Å². The molecule has 0 aliphatic rings. The molecule has 0 unspecified atom stereocenters. The van der Waals surface area contributed by atoms with E-state index >= 15 is 0 Å². The Morgan fingerprint density at radius 1 is 1.11 bits per heavy atom. The molecule has 0 bridgehead atoms. The highest BCUT2D eigenvalue weighted by Gasteiger charge is 2.17. The number of rotatable bonds is 6. The first-order valence-corrected chi connectivity index (χ1v) is 10.7. The summed E-state index contributed by atoms with van der Waals surface area (Å²) < 4.78 is 1.67. The highest BCUT2D eigenvalue weighted by atomic mass is 32.2. The molecule has 3 rings (SSSR count). The van der Waals surface area contributed by atoms with E-state index in [0.29, 0.717) is 23.7 Å². The quantitative estimate of drug-likeness (QED) is 0.632. The van der Waals surface area contributed by atoms with Gasteiger partial charge in [0.15, 0.2) is 0 Å². The molecular weight excluding hydrogens is 376 g/mol. The van der Waals surface area contributed by atoms with E-state index in [1.165, 1.54) is 4.90 Å². The van der Waals surface area contributed by atoms with Crippen molar-refractivity contribution in [3.05, 3.63) is 85.5 Å². The van der Waals surface area contributed by atoms with Gasteiger partial charge in [-0.2, -0.15) is 0 Å². The van der Waals surface area contributed by atoms with E-state index in [4.69, 9.17) is 0 Å². The molecule has 1 heterocycles. The number of amides is 1. The minimum absolute atomic E-state index is 0.109. The van der Waals surface area contributed by atoms with Crippen molar-refractivity contribution in [3.8, 4) is 0 Å². The molecule has 0 saturated carbocycles. The third-order valence-corrected chi connectivity index (χ3v) is 6.21. The van der Waals surface area contributed by atoms with Crippen LogP contribution in [-0.4, -0.2) is 16.7 Å². The third kappa shape index (κ3) is 4.70. The Bertz CT molecular complexity index is 1000. The molecular formula is C21H22N2O2S2. The van der Waals surface area contributed by atoms with Crippen molar-refractivity contribution in [3.63, 3.8) is 0 Å². The van der Waals surface area contributed by atoms with Crippen LogP contribution < -0.4 is 10.2 Å². The van der Waals surface area contributed by atoms with Gasteiger partial charge < -0.3 is 5.32 Å². The standard InChI is InChI=1S/C21H22N2O2S2/c1-14-5-4-6-17(11-14)12-22-20(24)19-15(2)23(21(25)27-19)13-16-7-9-18(26-3)10-8-16/h4-11H,12-13H2,1-3H3,(H,22,24). The van der Waals surface area contributed by atoms with Gasteiger partial charge in [0.2, 0.25) is 0 Å². The van der Waals surface area contributed by atoms with Gasteiger partial charge in [-0.1, -0.05) is 53.3 Å². The molecule has 3 aromatic rings. The Hall–Kier alpha value is -2.31. The van der Waals surface area contributed by atoms with Crippen LogP contribution in [0.25, 0.3) is 0 Å². The van der Waals surface area contributed by atoms with Crippen molar-refractivity contribution in [2.24, 2.45) is 0 Å². The summed E-state index contributed by atoms with van der Waals surface area (Å²) in [5, 5.41) is 2.92. The van der Waals surface area contributed by atoms with Crippen LogP contribution >= 0.6 is 23.1 Å². The number of nitrogens with zero attached hydrogens (tertiary/aromatic N) is 1. The van der Waals surface area contributed by atoms with E-state index in [1.54, 1.807) is 16.3 Å². The summed E-state index contributed by atoms with van der Waals surface area (Å²) in [7, 11) is 0. The summed E-state index contributed by atoms with van der Waals surface area (Å²) in [6.45, 7) is 4.77. The second kappa shape index (κ2) is 8.59. The number of thioether (sulfide) groups is 1. The van der Waals surface area contributed by atoms with E-state index in [9.17, 15) is 9.59 Å². The number of aromatic nitrogens is 1. The monoisotopic (exact) mass is 398 g/mol. The van der Waals surface area contributed by atoms with E-state index in [-0.39, 0.29) is 10.8 Å². The zero-order valence-electron chi connectivity index (χ0n) is 15.6. The number of nitrogens with one attached hydrogen (secondary N) is 1. The van der Waals surface area contributed by atoms with Crippen molar-refractivity contribution in [2.45, 2.75) is 31.8 Å². The molecule has 27 heavy (non-hydrogen) atoms. The second-order valence-electron chi connectivity index (χ2n) is 6.39. The van der Waals surface area contributed by atoms with Crippen molar-refractivity contribution in [2.75, 3.05) is 6.26 Å². The Labute approximate surface area is 167 Å². The lowest BCUT2D eigenvalue weighted by Gasteiger charge is -2.08. The zero-order valence-corrected chi connectivity index (χ0v) is 17.2. The highest BCUT2D eigenvalue weighted by molar-refractivity contribution is 7.98. The number of benzene rings is 2. The van der Waals surface area contributed by atoms with Crippen LogP contribution in [0, 0.1) is 13.8 Å². The largest absolute Gasteiger partial charge is 0.347 e. The number of hydrogen-bond acceptors (Lipinski definition) is 4. The molecule has 1 amide bonds. The molecule has 2 aromatic carbocycles. The fourth-order valence-electron chi connectivity index (χ4n) is 2.87. The van der Waals surface area contributed by atoms with Crippen LogP contribution in [0.5, 0.6) is 0 Å². The van der Waals surface area contributed by atoms with Crippen LogP contribution in [0.1, 0.15) is 32.1 Å². The van der Waals surface area contributed by atoms with Gasteiger partial charge in [-0.3, -0.25) is 14.2 Å². The Morgan fingerprint density at radius 3 is 2.52 bits per heavy atom. The number of aryl methyl sites for hydroxylation is 1. The minimum Gasteiger partial charge on any atom is -0.347 e. The van der Waals surface area contributed by atoms with Crippen molar-refractivity contribution < 1.29 is 4.79 Å². The fourth-order valence-corrected chi connectivity index (χ4v) is 4.19. The smallest absolute Gasteiger partial charge is 0.308 e. The van der Waals surface area contributed by atoms with Crippen LogP contribution in [0.4, 0.5) is 0 Å². The maximum absolute atomic E-state index is 12.6. The first-order valence-electron chi connectivity index (χ1n) is 8.65. The number of carbonyl (C=O) groups is 1. The summed E-state index contributed by atoms with van der Waals surface area (Å²) in [4.78, 5) is 26.5. The number of thiazole rings is 1. The molecule has 0 fully saturated rings. The van der Waals surface area contributed by atoms with Crippen molar-refractivity contribution in [1.29, 1.82) is 0 Å². The first-order chi connectivity index (χ1) is 13.0. The predicted octanol–water partition coefficient (Wildman–Crippen LogP) is 4.23. The molecule has 0 aliphatic heterocycles. The minimum atomic E-state index is -0.201. The normalized spacial score (nSPS) is 10.8. The van der Waals surface area contributed by atoms with Gasteiger partial charge in [0.05, 0.1) is 6.54 Å². The van der Waals surface area contributed by atoms with E-state index < -0.39 is 0 Å². The van der Waals surface area contributed by atoms with Crippen LogP contribution in [0.15, 0.2) is 58.2 Å². The van der Waals surface area contributed by atoms with Gasteiger partial charge in [-0.15, -0.1) is 11.8 Å². The van der Waals surface area contributed by atoms with E-state index in [1.807, 2.05) is 68.6 Å². The molecule has 1 aromatic heterocycles. The predicted molar refractivity (Wildman–Crippen MR) is 113 cm³/mol. The lowest BCUT2D eigenvalue weighted by Crippen LogP contribution is -2.23. The Kier molecular flexibility index (Phi) is 6.19. The third-order valence-electron chi connectivity index (χ3n) is 4.38. The first kappa shape index (κ1) is 19.5. The lowest BCUT2D eigenvalue weighted by molar-refractivity contribution is 0.0954. The van der Waals surface area contributed by atoms with E-state index in [0.717, 1.165) is 28.0 Å². The summed E-state index contributed by atoms with van der Waals surface area (Å²) in [6.07, 6.45) is 2.03. The molecule has 140 valence electrons. The number of carbonyl (C=O) groups excluding carboxylic acids is 1. The Morgan fingerprint density at radius 2 is 1.85 bits per heavy atom. The summed E-state index contributed by atoms with van der Waals surface area (Å²) in [5.74, 6) is -0.201. The zero-order chi connectivity index (χ0) is 19.4. The molecule has 0 saturated heterocycles. The molecule has 6 heteroatoms. The van der Waals surface area contributed by atoms with Crippen LogP contribution in [0.2, 0.25) is 0 Å². The SMILES string of the molecule is CSc1ccc(Cn2c(C)c(C(=O)NCc3cccc(C)c3)sc2=O)cc1. The highest BCUT2D eigenvalue weighted by Crippen LogP contribution is 2.17. The molecule has 0 aliphatic carbocycles. The van der Waals surface area contributed by atoms with Crippen molar-refractivity contribution >= 4 is 29.0 Å². The van der Waals surface area contributed by atoms with Crippen molar-refractivity contribution in [1.82, 2.24) is 9.88 Å². The van der Waals surface area contributed by atoms with Crippen LogP contribution in [-0.2, 0) is 13.1 Å².